The standard InChI is InChI=1S/C12H18N2O.C2H6/c1-10-6-12(8-13-7-10)14-5-3-4-11(14)9-15-2;1-2/h6-8,11H,3-5,9H2,1-2H3;1-2H3. The first-order chi connectivity index (χ1) is 8.31. The summed E-state index contributed by atoms with van der Waals surface area (Å²) in [7, 11) is 1.77. The van der Waals surface area contributed by atoms with E-state index in [1.807, 2.05) is 26.2 Å². The van der Waals surface area contributed by atoms with Crippen molar-refractivity contribution < 1.29 is 4.74 Å². The summed E-state index contributed by atoms with van der Waals surface area (Å²) in [5.74, 6) is 0. The molecule has 1 saturated heterocycles. The van der Waals surface area contributed by atoms with Crippen molar-refractivity contribution in [3.8, 4) is 0 Å². The van der Waals surface area contributed by atoms with Gasteiger partial charge in [-0.3, -0.25) is 4.98 Å². The van der Waals surface area contributed by atoms with Gasteiger partial charge in [0.25, 0.3) is 0 Å². The van der Waals surface area contributed by atoms with Crippen LogP contribution in [0.4, 0.5) is 5.69 Å². The van der Waals surface area contributed by atoms with Crippen LogP contribution in [-0.4, -0.2) is 31.3 Å². The first-order valence-electron chi connectivity index (χ1n) is 6.48. The number of rotatable bonds is 3. The third-order valence-electron chi connectivity index (χ3n) is 2.93. The first-order valence-corrected chi connectivity index (χ1v) is 6.48. The molecule has 2 rings (SSSR count). The van der Waals surface area contributed by atoms with E-state index in [-0.39, 0.29) is 0 Å². The summed E-state index contributed by atoms with van der Waals surface area (Å²) < 4.78 is 5.25. The SMILES string of the molecule is CC.COCC1CCCN1c1cncc(C)c1. The van der Waals surface area contributed by atoms with Crippen LogP contribution in [0, 0.1) is 6.92 Å². The second kappa shape index (κ2) is 7.28. The van der Waals surface area contributed by atoms with Crippen molar-refractivity contribution in [2.75, 3.05) is 25.2 Å². The number of anilines is 1. The second-order valence-electron chi connectivity index (χ2n) is 4.17. The molecular weight excluding hydrogens is 212 g/mol. The average Bonchev–Trinajstić information content (AvgIpc) is 2.80. The van der Waals surface area contributed by atoms with Gasteiger partial charge >= 0.3 is 0 Å². The maximum atomic E-state index is 5.25. The highest BCUT2D eigenvalue weighted by Crippen LogP contribution is 2.25. The molecule has 2 heterocycles. The van der Waals surface area contributed by atoms with Gasteiger partial charge in [-0.1, -0.05) is 13.8 Å². The largest absolute Gasteiger partial charge is 0.383 e. The van der Waals surface area contributed by atoms with Crippen LogP contribution in [0.15, 0.2) is 18.5 Å². The Labute approximate surface area is 105 Å². The van der Waals surface area contributed by atoms with Crippen LogP contribution >= 0.6 is 0 Å². The molecule has 3 nitrogen and oxygen atoms in total. The number of aromatic nitrogens is 1. The van der Waals surface area contributed by atoms with Crippen LogP contribution in [-0.2, 0) is 4.74 Å². The fourth-order valence-corrected chi connectivity index (χ4v) is 2.24. The molecule has 17 heavy (non-hydrogen) atoms. The monoisotopic (exact) mass is 236 g/mol. The molecule has 1 aromatic rings. The number of hydrogen-bond acceptors (Lipinski definition) is 3. The molecule has 1 aliphatic heterocycles. The van der Waals surface area contributed by atoms with E-state index in [0.29, 0.717) is 6.04 Å². The molecule has 1 aliphatic rings. The fraction of sp³-hybridized carbons (Fsp3) is 0.643. The molecule has 0 radical (unpaired) electrons. The van der Waals surface area contributed by atoms with Gasteiger partial charge in [0, 0.05) is 19.9 Å². The lowest BCUT2D eigenvalue weighted by Crippen LogP contribution is -2.32. The first kappa shape index (κ1) is 14.0. The minimum atomic E-state index is 0.526. The van der Waals surface area contributed by atoms with Crippen LogP contribution in [0.1, 0.15) is 32.3 Å². The highest BCUT2D eigenvalue weighted by Gasteiger charge is 2.24. The average molecular weight is 236 g/mol. The van der Waals surface area contributed by atoms with Gasteiger partial charge in [-0.25, -0.2) is 0 Å². The van der Waals surface area contributed by atoms with Gasteiger partial charge in [-0.05, 0) is 31.4 Å². The molecule has 96 valence electrons. The van der Waals surface area contributed by atoms with Crippen molar-refractivity contribution in [3.05, 3.63) is 24.0 Å². The minimum absolute atomic E-state index is 0.526. The number of pyridine rings is 1. The van der Waals surface area contributed by atoms with Crippen molar-refractivity contribution in [2.24, 2.45) is 0 Å². The zero-order chi connectivity index (χ0) is 12.7. The Morgan fingerprint density at radius 3 is 2.82 bits per heavy atom. The van der Waals surface area contributed by atoms with Crippen molar-refractivity contribution in [1.29, 1.82) is 0 Å². The summed E-state index contributed by atoms with van der Waals surface area (Å²) in [6.07, 6.45) is 6.32. The lowest BCUT2D eigenvalue weighted by molar-refractivity contribution is 0.181. The number of methoxy groups -OCH3 is 1. The van der Waals surface area contributed by atoms with Gasteiger partial charge in [0.1, 0.15) is 0 Å². The van der Waals surface area contributed by atoms with Gasteiger partial charge in [0.15, 0.2) is 0 Å². The number of hydrogen-bond donors (Lipinski definition) is 0. The zero-order valence-corrected chi connectivity index (χ0v) is 11.4. The van der Waals surface area contributed by atoms with Crippen LogP contribution in [0.2, 0.25) is 0 Å². The van der Waals surface area contributed by atoms with Gasteiger partial charge < -0.3 is 9.64 Å². The quantitative estimate of drug-likeness (QED) is 0.806. The Morgan fingerprint density at radius 1 is 1.41 bits per heavy atom. The molecule has 0 aliphatic carbocycles. The molecule has 0 saturated carbocycles. The summed E-state index contributed by atoms with van der Waals surface area (Å²) >= 11 is 0. The highest BCUT2D eigenvalue weighted by atomic mass is 16.5. The molecule has 1 unspecified atom stereocenters. The molecule has 3 heteroatoms. The lowest BCUT2D eigenvalue weighted by atomic mass is 10.2. The summed E-state index contributed by atoms with van der Waals surface area (Å²) in [6.45, 7) is 8.02. The van der Waals surface area contributed by atoms with Gasteiger partial charge in [-0.15, -0.1) is 0 Å². The number of aryl methyl sites for hydroxylation is 1. The molecule has 0 aromatic carbocycles. The molecule has 0 N–H and O–H groups in total. The molecular formula is C14H24N2O. The molecule has 0 spiro atoms. The minimum Gasteiger partial charge on any atom is -0.383 e. The van der Waals surface area contributed by atoms with Gasteiger partial charge in [0.2, 0.25) is 0 Å². The smallest absolute Gasteiger partial charge is 0.0666 e. The van der Waals surface area contributed by atoms with E-state index < -0.39 is 0 Å². The highest BCUT2D eigenvalue weighted by molar-refractivity contribution is 5.47. The number of ether oxygens (including phenoxy) is 1. The Morgan fingerprint density at radius 2 is 2.18 bits per heavy atom. The molecule has 0 amide bonds. The van der Waals surface area contributed by atoms with Gasteiger partial charge in [-0.2, -0.15) is 0 Å². The molecule has 1 aromatic heterocycles. The third-order valence-corrected chi connectivity index (χ3v) is 2.93. The van der Waals surface area contributed by atoms with E-state index >= 15 is 0 Å². The summed E-state index contributed by atoms with van der Waals surface area (Å²) in [6, 6.07) is 2.72. The van der Waals surface area contributed by atoms with Crippen LogP contribution < -0.4 is 4.90 Å². The summed E-state index contributed by atoms with van der Waals surface area (Å²) in [5.41, 5.74) is 2.45. The van der Waals surface area contributed by atoms with E-state index in [1.165, 1.54) is 24.1 Å². The Bertz CT molecular complexity index is 328. The molecule has 0 bridgehead atoms. The van der Waals surface area contributed by atoms with E-state index in [1.54, 1.807) is 7.11 Å². The van der Waals surface area contributed by atoms with Crippen LogP contribution in [0.25, 0.3) is 0 Å². The third kappa shape index (κ3) is 3.70. The molecule has 1 fully saturated rings. The van der Waals surface area contributed by atoms with E-state index in [9.17, 15) is 0 Å². The van der Waals surface area contributed by atoms with Crippen molar-refractivity contribution in [3.63, 3.8) is 0 Å². The van der Waals surface area contributed by atoms with E-state index in [0.717, 1.165) is 13.2 Å². The summed E-state index contributed by atoms with van der Waals surface area (Å²) in [5, 5.41) is 0. The zero-order valence-electron chi connectivity index (χ0n) is 11.4. The Balaban J connectivity index is 0.000000686. The molecule has 1 atom stereocenters. The lowest BCUT2D eigenvalue weighted by Gasteiger charge is -2.26. The fourth-order valence-electron chi connectivity index (χ4n) is 2.24. The van der Waals surface area contributed by atoms with Crippen LogP contribution in [0.3, 0.4) is 0 Å². The Kier molecular flexibility index (Phi) is 5.98. The number of nitrogens with zero attached hydrogens (tertiary/aromatic N) is 2. The maximum Gasteiger partial charge on any atom is 0.0666 e. The second-order valence-corrected chi connectivity index (χ2v) is 4.17. The predicted octanol–water partition coefficient (Wildman–Crippen LogP) is 3.03. The van der Waals surface area contributed by atoms with Gasteiger partial charge in [0.05, 0.1) is 24.5 Å². The van der Waals surface area contributed by atoms with Crippen molar-refractivity contribution in [1.82, 2.24) is 4.98 Å². The van der Waals surface area contributed by atoms with Crippen molar-refractivity contribution in [2.45, 2.75) is 39.7 Å². The van der Waals surface area contributed by atoms with E-state index in [2.05, 4.69) is 22.9 Å². The van der Waals surface area contributed by atoms with E-state index in [4.69, 9.17) is 4.74 Å². The maximum absolute atomic E-state index is 5.25. The Hall–Kier alpha value is -1.09. The summed E-state index contributed by atoms with van der Waals surface area (Å²) in [4.78, 5) is 6.65. The predicted molar refractivity (Wildman–Crippen MR) is 72.6 cm³/mol. The van der Waals surface area contributed by atoms with Crippen LogP contribution in [0.5, 0.6) is 0 Å². The topological polar surface area (TPSA) is 25.4 Å². The normalized spacial score (nSPS) is 18.8. The van der Waals surface area contributed by atoms with Crippen molar-refractivity contribution >= 4 is 5.69 Å².